The normalized spacial score (nSPS) is 11.1. The molecule has 0 heterocycles. The van der Waals surface area contributed by atoms with Gasteiger partial charge in [0.25, 0.3) is 0 Å². The summed E-state index contributed by atoms with van der Waals surface area (Å²) in [5, 5.41) is 16.8. The van der Waals surface area contributed by atoms with Gasteiger partial charge in [-0.2, -0.15) is 20.5 Å². The van der Waals surface area contributed by atoms with E-state index in [1.807, 2.05) is 24.3 Å². The van der Waals surface area contributed by atoms with Crippen LogP contribution >= 0.6 is 0 Å². The lowest BCUT2D eigenvalue weighted by Gasteiger charge is -2.06. The van der Waals surface area contributed by atoms with Crippen LogP contribution in [0, 0.1) is 0 Å². The fraction of sp³-hybridized carbons (Fsp3) is 0.200. The van der Waals surface area contributed by atoms with Crippen molar-refractivity contribution in [2.24, 2.45) is 20.5 Å². The first-order valence-electron chi connectivity index (χ1n) is 10.4. The number of carbonyl (C=O) groups excluding carboxylic acids is 2. The molecule has 168 valence electrons. The smallest absolute Gasteiger partial charge is 0.308 e. The summed E-state index contributed by atoms with van der Waals surface area (Å²) in [4.78, 5) is 22.3. The third kappa shape index (κ3) is 8.10. The van der Waals surface area contributed by atoms with Crippen molar-refractivity contribution in [3.05, 3.63) is 78.4 Å². The van der Waals surface area contributed by atoms with Crippen LogP contribution < -0.4 is 4.74 Å². The second-order valence-corrected chi connectivity index (χ2v) is 7.09. The molecule has 0 saturated heterocycles. The first kappa shape index (κ1) is 23.5. The van der Waals surface area contributed by atoms with Crippen molar-refractivity contribution in [2.45, 2.75) is 26.7 Å². The van der Waals surface area contributed by atoms with Crippen LogP contribution in [0.2, 0.25) is 0 Å². The number of carbonyl (C=O) groups is 2. The van der Waals surface area contributed by atoms with E-state index in [0.29, 0.717) is 41.3 Å². The van der Waals surface area contributed by atoms with Gasteiger partial charge in [-0.3, -0.25) is 9.59 Å². The third-order valence-electron chi connectivity index (χ3n) is 4.37. The number of rotatable bonds is 10. The molecule has 3 aromatic rings. The van der Waals surface area contributed by atoms with E-state index in [0.717, 1.165) is 5.56 Å². The largest absolute Gasteiger partial charge is 0.457 e. The molecule has 0 spiro atoms. The quantitative estimate of drug-likeness (QED) is 0.192. The van der Waals surface area contributed by atoms with Gasteiger partial charge in [-0.05, 0) is 73.2 Å². The SMILES string of the molecule is CCC(=O)OCOc1ccc(N=Nc2ccc(N=Nc3ccc(CC(C)=O)cc3)cc2)cc1. The van der Waals surface area contributed by atoms with Crippen molar-refractivity contribution in [1.82, 2.24) is 0 Å². The van der Waals surface area contributed by atoms with Crippen molar-refractivity contribution in [3.8, 4) is 5.75 Å². The maximum absolute atomic E-state index is 11.2. The minimum Gasteiger partial charge on any atom is -0.457 e. The number of azo groups is 2. The van der Waals surface area contributed by atoms with Gasteiger partial charge in [-0.1, -0.05) is 19.1 Å². The lowest BCUT2D eigenvalue weighted by molar-refractivity contribution is -0.149. The maximum atomic E-state index is 11.2. The van der Waals surface area contributed by atoms with Gasteiger partial charge in [0.1, 0.15) is 11.5 Å². The topological polar surface area (TPSA) is 102 Å². The number of Topliss-reactive ketones (excluding diaryl/α,β-unsaturated/α-hetero) is 1. The molecule has 0 saturated carbocycles. The Morgan fingerprint density at radius 2 is 1.12 bits per heavy atom. The fourth-order valence-corrected chi connectivity index (χ4v) is 2.66. The highest BCUT2D eigenvalue weighted by molar-refractivity contribution is 5.78. The van der Waals surface area contributed by atoms with E-state index < -0.39 is 0 Å². The van der Waals surface area contributed by atoms with Crippen LogP contribution in [-0.2, 0) is 20.7 Å². The molecule has 0 N–H and O–H groups in total. The Balaban J connectivity index is 1.52. The Morgan fingerprint density at radius 1 is 0.697 bits per heavy atom. The number of benzene rings is 3. The molecule has 0 amide bonds. The fourth-order valence-electron chi connectivity index (χ4n) is 2.66. The molecule has 0 aliphatic carbocycles. The molecule has 0 bridgehead atoms. The predicted octanol–water partition coefficient (Wildman–Crippen LogP) is 6.94. The molecule has 0 aliphatic heterocycles. The summed E-state index contributed by atoms with van der Waals surface area (Å²) in [5.74, 6) is 0.382. The average molecular weight is 444 g/mol. The van der Waals surface area contributed by atoms with E-state index >= 15 is 0 Å². The minimum atomic E-state index is -0.312. The molecule has 0 atom stereocenters. The predicted molar refractivity (Wildman–Crippen MR) is 124 cm³/mol. The van der Waals surface area contributed by atoms with Crippen molar-refractivity contribution in [3.63, 3.8) is 0 Å². The van der Waals surface area contributed by atoms with Crippen LogP contribution in [0.4, 0.5) is 22.7 Å². The van der Waals surface area contributed by atoms with Gasteiger partial charge in [-0.25, -0.2) is 0 Å². The van der Waals surface area contributed by atoms with Crippen molar-refractivity contribution < 1.29 is 19.1 Å². The van der Waals surface area contributed by atoms with Gasteiger partial charge >= 0.3 is 5.97 Å². The van der Waals surface area contributed by atoms with Crippen molar-refractivity contribution >= 4 is 34.5 Å². The van der Waals surface area contributed by atoms with Gasteiger partial charge in [0.05, 0.1) is 22.7 Å². The summed E-state index contributed by atoms with van der Waals surface area (Å²) in [5.41, 5.74) is 3.68. The van der Waals surface area contributed by atoms with E-state index in [1.54, 1.807) is 62.4 Å². The molecule has 3 rings (SSSR count). The summed E-state index contributed by atoms with van der Waals surface area (Å²) in [6.45, 7) is 3.17. The van der Waals surface area contributed by atoms with Crippen LogP contribution in [0.1, 0.15) is 25.8 Å². The molecule has 8 nitrogen and oxygen atoms in total. The summed E-state index contributed by atoms with van der Waals surface area (Å²) < 4.78 is 10.2. The van der Waals surface area contributed by atoms with Crippen LogP contribution in [0.25, 0.3) is 0 Å². The number of ketones is 1. The first-order chi connectivity index (χ1) is 16.0. The Bertz CT molecular complexity index is 1120. The van der Waals surface area contributed by atoms with Crippen LogP contribution in [-0.4, -0.2) is 18.5 Å². The molecule has 0 radical (unpaired) electrons. The summed E-state index contributed by atoms with van der Waals surface area (Å²) in [7, 11) is 0. The molecule has 0 aliphatic rings. The number of nitrogens with zero attached hydrogens (tertiary/aromatic N) is 4. The summed E-state index contributed by atoms with van der Waals surface area (Å²) in [6, 6.07) is 21.6. The highest BCUT2D eigenvalue weighted by atomic mass is 16.7. The average Bonchev–Trinajstić information content (AvgIpc) is 2.83. The van der Waals surface area contributed by atoms with E-state index in [4.69, 9.17) is 9.47 Å². The summed E-state index contributed by atoms with van der Waals surface area (Å²) >= 11 is 0. The second kappa shape index (κ2) is 12.0. The van der Waals surface area contributed by atoms with E-state index in [2.05, 4.69) is 20.5 Å². The minimum absolute atomic E-state index is 0.123. The van der Waals surface area contributed by atoms with E-state index in [9.17, 15) is 9.59 Å². The number of hydrogen-bond acceptors (Lipinski definition) is 8. The molecule has 3 aromatic carbocycles. The highest BCUT2D eigenvalue weighted by Crippen LogP contribution is 2.24. The van der Waals surface area contributed by atoms with Gasteiger partial charge in [-0.15, -0.1) is 0 Å². The molecule has 8 heteroatoms. The van der Waals surface area contributed by atoms with Crippen molar-refractivity contribution in [1.29, 1.82) is 0 Å². The van der Waals surface area contributed by atoms with Gasteiger partial charge < -0.3 is 9.47 Å². The zero-order chi connectivity index (χ0) is 23.5. The van der Waals surface area contributed by atoms with Crippen LogP contribution in [0.5, 0.6) is 5.75 Å². The lowest BCUT2D eigenvalue weighted by Crippen LogP contribution is -2.08. The monoisotopic (exact) mass is 444 g/mol. The Labute approximate surface area is 192 Å². The highest BCUT2D eigenvalue weighted by Gasteiger charge is 2.00. The van der Waals surface area contributed by atoms with E-state index in [-0.39, 0.29) is 18.5 Å². The summed E-state index contributed by atoms with van der Waals surface area (Å²) in [6.07, 6.45) is 0.727. The number of hydrogen-bond donors (Lipinski definition) is 0. The molecule has 0 unspecified atom stereocenters. The Kier molecular flexibility index (Phi) is 8.53. The Morgan fingerprint density at radius 3 is 1.55 bits per heavy atom. The number of ether oxygens (including phenoxy) is 2. The lowest BCUT2D eigenvalue weighted by atomic mass is 10.1. The molecule has 0 aromatic heterocycles. The van der Waals surface area contributed by atoms with Crippen LogP contribution in [0.3, 0.4) is 0 Å². The first-order valence-corrected chi connectivity index (χ1v) is 10.4. The maximum Gasteiger partial charge on any atom is 0.308 e. The van der Waals surface area contributed by atoms with Crippen molar-refractivity contribution in [2.75, 3.05) is 6.79 Å². The van der Waals surface area contributed by atoms with Gasteiger partial charge in [0, 0.05) is 12.8 Å². The zero-order valence-corrected chi connectivity index (χ0v) is 18.5. The molecular formula is C25H24N4O4. The molecular weight excluding hydrogens is 420 g/mol. The number of esters is 1. The van der Waals surface area contributed by atoms with Gasteiger partial charge in [0.15, 0.2) is 0 Å². The van der Waals surface area contributed by atoms with E-state index in [1.165, 1.54) is 0 Å². The zero-order valence-electron chi connectivity index (χ0n) is 18.5. The van der Waals surface area contributed by atoms with Gasteiger partial charge in [0.2, 0.25) is 6.79 Å². The third-order valence-corrected chi connectivity index (χ3v) is 4.37. The Hall–Kier alpha value is -4.20. The molecule has 33 heavy (non-hydrogen) atoms. The second-order valence-electron chi connectivity index (χ2n) is 7.09. The standard InChI is InChI=1S/C25H24N4O4/c1-3-25(31)33-17-32-24-14-12-23(13-15-24)29-28-22-10-8-21(9-11-22)27-26-20-6-4-19(5-7-20)16-18(2)30/h4-15H,3,16-17H2,1-2H3. The van der Waals surface area contributed by atoms with Crippen LogP contribution in [0.15, 0.2) is 93.3 Å². The molecule has 0 fully saturated rings.